The number of aryl methyl sites for hydroxylation is 4. The van der Waals surface area contributed by atoms with Gasteiger partial charge in [0.05, 0.1) is 15.6 Å². The van der Waals surface area contributed by atoms with Crippen molar-refractivity contribution in [1.82, 2.24) is 0 Å². The Morgan fingerprint density at radius 3 is 1.06 bits per heavy atom. The van der Waals surface area contributed by atoms with Crippen molar-refractivity contribution < 1.29 is 43.2 Å². The van der Waals surface area contributed by atoms with Gasteiger partial charge in [0, 0.05) is 216 Å². The summed E-state index contributed by atoms with van der Waals surface area (Å²) >= 11 is 44.8. The van der Waals surface area contributed by atoms with Crippen molar-refractivity contribution in [1.29, 1.82) is 0 Å². The normalized spacial score (nSPS) is 15.9. The molecule has 0 spiro atoms. The molecule has 0 saturated heterocycles. The summed E-state index contributed by atoms with van der Waals surface area (Å²) in [7, 11) is 0. The summed E-state index contributed by atoms with van der Waals surface area (Å²) in [4.78, 5) is 113. The maximum Gasteiger partial charge on any atom is 0.166 e. The first-order chi connectivity index (χ1) is 52.4. The molecule has 9 aromatic carbocycles. The summed E-state index contributed by atoms with van der Waals surface area (Å²) in [5.41, 5.74) is 12.3. The van der Waals surface area contributed by atoms with Gasteiger partial charge in [0.2, 0.25) is 0 Å². The third-order valence-corrected chi connectivity index (χ3v) is 29.6. The number of benzene rings is 9. The zero-order valence-electron chi connectivity index (χ0n) is 59.9. The molecule has 9 nitrogen and oxygen atoms in total. The van der Waals surface area contributed by atoms with Crippen LogP contribution in [0.2, 0.25) is 20.1 Å². The number of ketones is 9. The first kappa shape index (κ1) is 86.9. The first-order valence-electron chi connectivity index (χ1n) is 34.9. The van der Waals surface area contributed by atoms with Crippen LogP contribution in [0.25, 0.3) is 0 Å². The molecule has 24 heteroatoms. The van der Waals surface area contributed by atoms with Crippen LogP contribution in [0, 0.1) is 31.3 Å². The molecule has 0 atom stereocenters. The zero-order valence-corrected chi connectivity index (χ0v) is 74.0. The molecule has 564 valence electrons. The number of carbonyl (C=O) groups is 9. The highest BCUT2D eigenvalue weighted by atomic mass is 127. The predicted octanol–water partition coefficient (Wildman–Crippen LogP) is 26.5. The maximum absolute atomic E-state index is 11.6. The molecule has 0 bridgehead atoms. The number of carbonyl (C=O) groups excluding carboxylic acids is 9. The minimum absolute atomic E-state index is 0.137. The average Bonchev–Trinajstić information content (AvgIpc) is 0.795. The smallest absolute Gasteiger partial charge is 0.166 e. The van der Waals surface area contributed by atoms with E-state index in [-0.39, 0.29) is 23.1 Å². The Morgan fingerprint density at radius 2 is 0.615 bits per heavy atom. The topological polar surface area (TPSA) is 154 Å². The fourth-order valence-electron chi connectivity index (χ4n) is 11.8. The number of hydrogen-bond donors (Lipinski definition) is 0. The van der Waals surface area contributed by atoms with Crippen LogP contribution < -0.4 is 0 Å². The highest BCUT2D eigenvalue weighted by Gasteiger charge is 2.26. The van der Waals surface area contributed by atoms with Gasteiger partial charge in [-0.05, 0) is 171 Å². The van der Waals surface area contributed by atoms with Crippen molar-refractivity contribution in [3.05, 3.63) is 258 Å². The largest absolute Gasteiger partial charge is 0.294 e. The molecule has 0 radical (unpaired) electrons. The fraction of sp³-hybridized carbons (Fsp3) is 0.259. The van der Waals surface area contributed by atoms with Crippen LogP contribution in [-0.2, 0) is 0 Å². The molecule has 9 aliphatic heterocycles. The number of rotatable bonds is 0. The Bertz CT molecular complexity index is 4470. The molecule has 0 amide bonds. The summed E-state index contributed by atoms with van der Waals surface area (Å²) in [6.07, 6.45) is 5.98. The Balaban J connectivity index is 0.000000131. The fourth-order valence-corrected chi connectivity index (χ4v) is 23.0. The van der Waals surface area contributed by atoms with Gasteiger partial charge in [-0.3, -0.25) is 43.2 Å². The van der Waals surface area contributed by atoms with E-state index in [2.05, 4.69) is 56.7 Å². The molecular weight excluding hydrogens is 1800 g/mol. The molecule has 9 aliphatic rings. The standard InChI is InChI=1S/C10H9ClOS.3C10H10OS.C9H7BrOS.C9H6Cl2OS.C9H7ClOS.C9H7IOS.C9H8OS/c1-6-2-3-7(11)9-8(12)4-5-13-10(6)9;3*1-7-2-3-10-8(6-7)9(11)4-5-12-10;10-6-1-2-9-7(5-6)8(11)3-4-12-9;10-5-3-6-8(12)1-2-13-9(6)7(11)4-5;2*10-6-1-2-9-7(5-6)8(11)3-4-12-9;10-8-5-6-11-9-4-2-1-3-7(8)9/h2-3H,4-5H2,1H3;3*2-3,6H,4-5H2,1H3;1-2,5H,3-4H2;3-4H,1-2H2;2*1-2,5H,3-4H2;1-4H,5-6H2. The predicted molar refractivity (Wildman–Crippen MR) is 474 cm³/mol. The lowest BCUT2D eigenvalue weighted by molar-refractivity contribution is 0.0977. The molecule has 18 rings (SSSR count). The molecule has 0 aromatic heterocycles. The van der Waals surface area contributed by atoms with Crippen molar-refractivity contribution in [2.24, 2.45) is 0 Å². The molecule has 0 unspecified atom stereocenters. The van der Waals surface area contributed by atoms with Crippen molar-refractivity contribution in [3.63, 3.8) is 0 Å². The van der Waals surface area contributed by atoms with Gasteiger partial charge in [-0.2, -0.15) is 0 Å². The van der Waals surface area contributed by atoms with Gasteiger partial charge in [0.15, 0.2) is 52.0 Å². The lowest BCUT2D eigenvalue weighted by Crippen LogP contribution is -2.09. The van der Waals surface area contributed by atoms with Crippen LogP contribution in [0.15, 0.2) is 206 Å². The number of fused-ring (bicyclic) bond motifs is 9. The van der Waals surface area contributed by atoms with Crippen molar-refractivity contribution in [2.45, 2.75) is 130 Å². The molecule has 0 aliphatic carbocycles. The second-order valence-corrected chi connectivity index (χ2v) is 39.5. The zero-order chi connectivity index (χ0) is 77.8. The van der Waals surface area contributed by atoms with Gasteiger partial charge in [-0.15, -0.1) is 106 Å². The maximum atomic E-state index is 11.6. The monoisotopic (exact) mass is 1870 g/mol. The van der Waals surface area contributed by atoms with Crippen LogP contribution >= 0.6 is 191 Å². The second kappa shape index (κ2) is 42.8. The Hall–Kier alpha value is -4.47. The van der Waals surface area contributed by atoms with E-state index in [0.717, 1.165) is 154 Å². The third kappa shape index (κ3) is 24.8. The number of hydrogen-bond acceptors (Lipinski definition) is 18. The van der Waals surface area contributed by atoms with Crippen LogP contribution in [0.1, 0.15) is 173 Å². The minimum Gasteiger partial charge on any atom is -0.294 e. The molecule has 0 N–H and O–H groups in total. The molecule has 0 fully saturated rings. The van der Waals surface area contributed by atoms with Crippen LogP contribution in [0.5, 0.6) is 0 Å². The quantitative estimate of drug-likeness (QED) is 0.132. The second-order valence-electron chi connectivity index (χ2n) is 25.4. The summed E-state index contributed by atoms with van der Waals surface area (Å²) < 4.78 is 2.12. The van der Waals surface area contributed by atoms with Crippen LogP contribution in [0.3, 0.4) is 0 Å². The van der Waals surface area contributed by atoms with E-state index < -0.39 is 0 Å². The molecule has 0 saturated carbocycles. The molecular formula is C85H74BrCl4IO9S9. The van der Waals surface area contributed by atoms with Gasteiger partial charge in [-0.1, -0.05) is 121 Å². The molecule has 109 heavy (non-hydrogen) atoms. The SMILES string of the molecule is Cc1ccc(Cl)c2c1SCCC2=O.Cc1ccc2c(c1)C(=O)CCS2.Cc1ccc2c(c1)C(=O)CCS2.Cc1ccc2c(c1)C(=O)CCS2.O=C1CCSc2c(Cl)cc(Cl)cc21.O=C1CCSc2ccc(Br)cc21.O=C1CCSc2ccc(Cl)cc21.O=C1CCSc2ccc(I)cc21.O=C1CCSc2ccccc21. The highest BCUT2D eigenvalue weighted by molar-refractivity contribution is 14.1. The number of halogens is 6. The van der Waals surface area contributed by atoms with E-state index in [1.807, 2.05) is 143 Å². The van der Waals surface area contributed by atoms with Crippen molar-refractivity contribution in [3.8, 4) is 0 Å². The molecule has 9 heterocycles. The van der Waals surface area contributed by atoms with Crippen LogP contribution in [0.4, 0.5) is 0 Å². The Morgan fingerprint density at radius 1 is 0.284 bits per heavy atom. The summed E-state index contributed by atoms with van der Waals surface area (Å²) in [5.74, 6) is 10.5. The van der Waals surface area contributed by atoms with E-state index >= 15 is 0 Å². The minimum atomic E-state index is 0.137. The van der Waals surface area contributed by atoms with E-state index in [1.165, 1.54) is 16.7 Å². The van der Waals surface area contributed by atoms with E-state index in [9.17, 15) is 43.2 Å². The van der Waals surface area contributed by atoms with Crippen LogP contribution in [-0.4, -0.2) is 104 Å². The van der Waals surface area contributed by atoms with Crippen molar-refractivity contribution in [2.75, 3.05) is 51.8 Å². The number of Topliss-reactive ketones (excluding diaryl/α,β-unsaturated/α-hetero) is 9. The number of thioether (sulfide) groups is 9. The van der Waals surface area contributed by atoms with Gasteiger partial charge >= 0.3 is 0 Å². The molecule has 9 aromatic rings. The third-order valence-electron chi connectivity index (χ3n) is 17.4. The highest BCUT2D eigenvalue weighted by Crippen LogP contribution is 2.41. The average molecular weight is 1880 g/mol. The van der Waals surface area contributed by atoms with Gasteiger partial charge in [0.25, 0.3) is 0 Å². The lowest BCUT2D eigenvalue weighted by Gasteiger charge is -2.17. The lowest BCUT2D eigenvalue weighted by atomic mass is 10.1. The Labute approximate surface area is 717 Å². The first-order valence-corrected chi connectivity index (χ1v) is 47.2. The van der Waals surface area contributed by atoms with E-state index in [1.54, 1.807) is 130 Å². The van der Waals surface area contributed by atoms with E-state index in [4.69, 9.17) is 46.4 Å². The summed E-state index contributed by atoms with van der Waals surface area (Å²) in [6, 6.07) is 50.7. The van der Waals surface area contributed by atoms with Gasteiger partial charge in [0.1, 0.15) is 0 Å². The summed E-state index contributed by atoms with van der Waals surface area (Å²) in [5, 5.41) is 2.35. The van der Waals surface area contributed by atoms with Gasteiger partial charge < -0.3 is 0 Å². The van der Waals surface area contributed by atoms with Gasteiger partial charge in [-0.25, -0.2) is 0 Å². The Kier molecular flexibility index (Phi) is 34.1. The summed E-state index contributed by atoms with van der Waals surface area (Å²) in [6.45, 7) is 8.08. The van der Waals surface area contributed by atoms with Crippen molar-refractivity contribution >= 4 is 243 Å². The van der Waals surface area contributed by atoms with E-state index in [0.29, 0.717) is 112 Å².